The van der Waals surface area contributed by atoms with Crippen molar-refractivity contribution in [3.63, 3.8) is 0 Å². The van der Waals surface area contributed by atoms with Crippen LogP contribution in [0, 0.1) is 0 Å². The molecular weight excluding hydrogens is 114 g/mol. The first kappa shape index (κ1) is 8.14. The van der Waals surface area contributed by atoms with Gasteiger partial charge in [0.15, 0.2) is 0 Å². The molecule has 0 aliphatic carbocycles. The van der Waals surface area contributed by atoms with Crippen molar-refractivity contribution in [1.29, 1.82) is 0 Å². The molecule has 1 heterocycles. The van der Waals surface area contributed by atoms with Gasteiger partial charge in [-0.1, -0.05) is 21.3 Å². The highest BCUT2D eigenvalue weighted by atomic mass is 15.3. The van der Waals surface area contributed by atoms with E-state index in [4.69, 9.17) is 0 Å². The van der Waals surface area contributed by atoms with E-state index >= 15 is 0 Å². The molecular formula is C6H13N3. The number of H-pyrrole nitrogens is 1. The normalized spacial score (nSPS) is 9.22. The fraction of sp³-hybridized carbons (Fsp3) is 0.667. The minimum Gasteiger partial charge on any atom is -0.198 e. The molecule has 9 heavy (non-hydrogen) atoms. The van der Waals surface area contributed by atoms with Gasteiger partial charge in [0.05, 0.1) is 11.9 Å². The lowest BCUT2D eigenvalue weighted by Crippen LogP contribution is -1.85. The highest BCUT2D eigenvalue weighted by Crippen LogP contribution is 2.06. The Morgan fingerprint density at radius 2 is 2.22 bits per heavy atom. The fourth-order valence-corrected chi connectivity index (χ4v) is 0.489. The van der Waals surface area contributed by atoms with Crippen LogP contribution in [0.5, 0.6) is 0 Å². The lowest BCUT2D eigenvalue weighted by Gasteiger charge is -1.92. The van der Waals surface area contributed by atoms with Gasteiger partial charge in [-0.2, -0.15) is 15.4 Å². The molecule has 0 aliphatic heterocycles. The predicted octanol–water partition coefficient (Wildman–Crippen LogP) is 1.56. The fourth-order valence-electron chi connectivity index (χ4n) is 0.489. The minimum atomic E-state index is 0. The van der Waals surface area contributed by atoms with Crippen LogP contribution < -0.4 is 0 Å². The van der Waals surface area contributed by atoms with Crippen molar-refractivity contribution in [2.75, 3.05) is 0 Å². The second-order valence-electron chi connectivity index (χ2n) is 2.05. The van der Waals surface area contributed by atoms with Crippen LogP contribution in [-0.2, 0) is 0 Å². The SMILES string of the molecule is C.CC(C)c1cn[nH]n1. The molecule has 0 bridgehead atoms. The van der Waals surface area contributed by atoms with Crippen LogP contribution in [0.25, 0.3) is 0 Å². The minimum absolute atomic E-state index is 0. The van der Waals surface area contributed by atoms with Gasteiger partial charge >= 0.3 is 0 Å². The molecule has 0 spiro atoms. The highest BCUT2D eigenvalue weighted by molar-refractivity contribution is 4.96. The van der Waals surface area contributed by atoms with E-state index in [1.165, 1.54) is 0 Å². The molecule has 0 fully saturated rings. The van der Waals surface area contributed by atoms with E-state index in [1.807, 2.05) is 0 Å². The molecule has 0 saturated heterocycles. The van der Waals surface area contributed by atoms with Gasteiger partial charge in [-0.15, -0.1) is 0 Å². The molecule has 0 aliphatic rings. The molecule has 1 aromatic rings. The first-order valence-electron chi connectivity index (χ1n) is 2.66. The van der Waals surface area contributed by atoms with Crippen molar-refractivity contribution in [2.45, 2.75) is 27.2 Å². The number of hydrogen-bond donors (Lipinski definition) is 1. The van der Waals surface area contributed by atoms with E-state index in [-0.39, 0.29) is 7.43 Å². The Labute approximate surface area is 55.5 Å². The number of aromatic amines is 1. The van der Waals surface area contributed by atoms with Gasteiger partial charge in [0.1, 0.15) is 0 Å². The monoisotopic (exact) mass is 127 g/mol. The van der Waals surface area contributed by atoms with Gasteiger partial charge in [-0.25, -0.2) is 0 Å². The summed E-state index contributed by atoms with van der Waals surface area (Å²) in [6.07, 6.45) is 1.74. The van der Waals surface area contributed by atoms with Crippen molar-refractivity contribution >= 4 is 0 Å². The third-order valence-electron chi connectivity index (χ3n) is 1.03. The van der Waals surface area contributed by atoms with E-state index in [1.54, 1.807) is 6.20 Å². The second-order valence-corrected chi connectivity index (χ2v) is 2.05. The lowest BCUT2D eigenvalue weighted by molar-refractivity contribution is 0.804. The van der Waals surface area contributed by atoms with Gasteiger partial charge in [0.25, 0.3) is 0 Å². The van der Waals surface area contributed by atoms with Crippen LogP contribution in [0.3, 0.4) is 0 Å². The average molecular weight is 127 g/mol. The number of rotatable bonds is 1. The number of nitrogens with zero attached hydrogens (tertiary/aromatic N) is 2. The Morgan fingerprint density at radius 1 is 1.56 bits per heavy atom. The van der Waals surface area contributed by atoms with Crippen molar-refractivity contribution < 1.29 is 0 Å². The number of nitrogens with one attached hydrogen (secondary N) is 1. The van der Waals surface area contributed by atoms with E-state index < -0.39 is 0 Å². The van der Waals surface area contributed by atoms with Gasteiger partial charge in [0, 0.05) is 0 Å². The summed E-state index contributed by atoms with van der Waals surface area (Å²) in [7, 11) is 0. The van der Waals surface area contributed by atoms with Crippen molar-refractivity contribution in [3.8, 4) is 0 Å². The summed E-state index contributed by atoms with van der Waals surface area (Å²) in [6.45, 7) is 4.16. The summed E-state index contributed by atoms with van der Waals surface area (Å²) in [5, 5.41) is 10.1. The van der Waals surface area contributed by atoms with Crippen LogP contribution in [-0.4, -0.2) is 15.4 Å². The Kier molecular flexibility index (Phi) is 2.91. The van der Waals surface area contributed by atoms with Crippen molar-refractivity contribution in [1.82, 2.24) is 15.4 Å². The first-order valence-corrected chi connectivity index (χ1v) is 2.66. The molecule has 0 atom stereocenters. The highest BCUT2D eigenvalue weighted by Gasteiger charge is 1.98. The summed E-state index contributed by atoms with van der Waals surface area (Å²) in [4.78, 5) is 0. The Morgan fingerprint density at radius 3 is 2.44 bits per heavy atom. The molecule has 1 aromatic heterocycles. The smallest absolute Gasteiger partial charge is 0.0850 e. The Balaban J connectivity index is 0.000000640. The van der Waals surface area contributed by atoms with Gasteiger partial charge in [-0.05, 0) is 5.92 Å². The Hall–Kier alpha value is -0.860. The zero-order valence-electron chi connectivity index (χ0n) is 5.05. The van der Waals surface area contributed by atoms with E-state index in [9.17, 15) is 0 Å². The second kappa shape index (κ2) is 3.22. The topological polar surface area (TPSA) is 41.6 Å². The van der Waals surface area contributed by atoms with E-state index in [2.05, 4.69) is 29.3 Å². The molecule has 0 saturated carbocycles. The maximum Gasteiger partial charge on any atom is 0.0850 e. The average Bonchev–Trinajstić information content (AvgIpc) is 2.12. The maximum atomic E-state index is 3.88. The number of aromatic nitrogens is 3. The maximum absolute atomic E-state index is 3.88. The third kappa shape index (κ3) is 1.83. The molecule has 0 unspecified atom stereocenters. The lowest BCUT2D eigenvalue weighted by atomic mass is 10.2. The molecule has 1 rings (SSSR count). The van der Waals surface area contributed by atoms with Crippen molar-refractivity contribution in [3.05, 3.63) is 11.9 Å². The standard InChI is InChI=1S/C5H9N3.CH4/c1-4(2)5-3-6-8-7-5;/h3-4H,1-2H3,(H,6,7,8);1H4. The van der Waals surface area contributed by atoms with Gasteiger partial charge < -0.3 is 0 Å². The van der Waals surface area contributed by atoms with Crippen LogP contribution in [0.1, 0.15) is 32.9 Å². The van der Waals surface area contributed by atoms with Crippen LogP contribution in [0.2, 0.25) is 0 Å². The predicted molar refractivity (Wildman–Crippen MR) is 37.2 cm³/mol. The summed E-state index contributed by atoms with van der Waals surface area (Å²) in [5.74, 6) is 0.480. The van der Waals surface area contributed by atoms with Gasteiger partial charge in [0.2, 0.25) is 0 Å². The van der Waals surface area contributed by atoms with Crippen LogP contribution in [0.4, 0.5) is 0 Å². The summed E-state index contributed by atoms with van der Waals surface area (Å²) in [6, 6.07) is 0. The summed E-state index contributed by atoms with van der Waals surface area (Å²) >= 11 is 0. The molecule has 0 amide bonds. The summed E-state index contributed by atoms with van der Waals surface area (Å²) < 4.78 is 0. The zero-order valence-corrected chi connectivity index (χ0v) is 5.05. The quantitative estimate of drug-likeness (QED) is 0.622. The molecule has 3 nitrogen and oxygen atoms in total. The van der Waals surface area contributed by atoms with Crippen LogP contribution in [0.15, 0.2) is 6.20 Å². The molecule has 0 aromatic carbocycles. The van der Waals surface area contributed by atoms with E-state index in [0.717, 1.165) is 5.69 Å². The van der Waals surface area contributed by atoms with Crippen molar-refractivity contribution in [2.24, 2.45) is 0 Å². The summed E-state index contributed by atoms with van der Waals surface area (Å²) in [5.41, 5.74) is 1.02. The number of hydrogen-bond acceptors (Lipinski definition) is 2. The van der Waals surface area contributed by atoms with Crippen LogP contribution >= 0.6 is 0 Å². The molecule has 0 radical (unpaired) electrons. The van der Waals surface area contributed by atoms with Gasteiger partial charge in [-0.3, -0.25) is 0 Å². The first-order chi connectivity index (χ1) is 3.80. The zero-order chi connectivity index (χ0) is 5.98. The third-order valence-corrected chi connectivity index (χ3v) is 1.03. The molecule has 3 heteroatoms. The molecule has 1 N–H and O–H groups in total. The Bertz CT molecular complexity index is 143. The van der Waals surface area contributed by atoms with E-state index in [0.29, 0.717) is 5.92 Å². The largest absolute Gasteiger partial charge is 0.198 e. The molecule has 52 valence electrons.